The highest BCUT2D eigenvalue weighted by atomic mass is 32.2. The minimum Gasteiger partial charge on any atom is -0.369 e. The van der Waals surface area contributed by atoms with Crippen LogP contribution >= 0.6 is 0 Å². The number of piperazine rings is 1. The first kappa shape index (κ1) is 20.2. The Bertz CT molecular complexity index is 1180. The fourth-order valence-corrected chi connectivity index (χ4v) is 4.81. The van der Waals surface area contributed by atoms with Crippen LogP contribution in [0.1, 0.15) is 21.9 Å². The van der Waals surface area contributed by atoms with Gasteiger partial charge in [-0.1, -0.05) is 0 Å². The fourth-order valence-electron chi connectivity index (χ4n) is 3.47. The first-order valence-corrected chi connectivity index (χ1v) is 10.8. The number of nitrogens with zero attached hydrogens (tertiary/aromatic N) is 5. The summed E-state index contributed by atoms with van der Waals surface area (Å²) in [7, 11) is -3.83. The van der Waals surface area contributed by atoms with E-state index in [9.17, 15) is 17.6 Å². The number of H-pyrrole nitrogens is 1. The second-order valence-electron chi connectivity index (χ2n) is 7.13. The lowest BCUT2D eigenvalue weighted by molar-refractivity contribution is 0.0937. The van der Waals surface area contributed by atoms with E-state index in [1.807, 2.05) is 4.90 Å². The predicted molar refractivity (Wildman–Crippen MR) is 107 cm³/mol. The van der Waals surface area contributed by atoms with E-state index in [0.29, 0.717) is 24.5 Å². The van der Waals surface area contributed by atoms with E-state index in [-0.39, 0.29) is 29.6 Å². The molecule has 0 aliphatic carbocycles. The molecule has 11 heteroatoms. The van der Waals surface area contributed by atoms with Gasteiger partial charge in [0.25, 0.3) is 15.9 Å². The van der Waals surface area contributed by atoms with Gasteiger partial charge in [0, 0.05) is 43.6 Å². The number of nitrogens with one attached hydrogen (secondary N) is 1. The van der Waals surface area contributed by atoms with Crippen molar-refractivity contribution in [3.8, 4) is 0 Å². The van der Waals surface area contributed by atoms with Crippen LogP contribution in [0.4, 0.5) is 10.1 Å². The Hall–Kier alpha value is -3.05. The Morgan fingerprint density at radius 3 is 2.33 bits per heavy atom. The van der Waals surface area contributed by atoms with Gasteiger partial charge in [0.1, 0.15) is 5.82 Å². The van der Waals surface area contributed by atoms with Crippen molar-refractivity contribution in [3.63, 3.8) is 0 Å². The van der Waals surface area contributed by atoms with Crippen molar-refractivity contribution < 1.29 is 17.6 Å². The van der Waals surface area contributed by atoms with Gasteiger partial charge < -0.3 is 4.90 Å². The van der Waals surface area contributed by atoms with E-state index in [2.05, 4.69) is 15.3 Å². The van der Waals surface area contributed by atoms with Gasteiger partial charge in [0.05, 0.1) is 5.69 Å². The Balaban J connectivity index is 1.47. The number of aryl methyl sites for hydroxylation is 2. The predicted octanol–water partition coefficient (Wildman–Crippen LogP) is 1.56. The van der Waals surface area contributed by atoms with Crippen LogP contribution in [0.25, 0.3) is 0 Å². The monoisotopic (exact) mass is 432 g/mol. The maximum Gasteiger partial charge on any atom is 0.298 e. The number of hydrogen-bond acceptors (Lipinski definition) is 6. The molecule has 158 valence electrons. The van der Waals surface area contributed by atoms with Gasteiger partial charge in [0.2, 0.25) is 0 Å². The van der Waals surface area contributed by atoms with Crippen LogP contribution in [0.15, 0.2) is 41.4 Å². The summed E-state index contributed by atoms with van der Waals surface area (Å²) in [4.78, 5) is 14.6. The lowest BCUT2D eigenvalue weighted by atomic mass is 10.2. The van der Waals surface area contributed by atoms with E-state index >= 15 is 0 Å². The molecule has 4 rings (SSSR count). The lowest BCUT2D eigenvalue weighted by Gasteiger charge is -2.35. The minimum absolute atomic E-state index is 0.0234. The van der Waals surface area contributed by atoms with Gasteiger partial charge in [-0.25, -0.2) is 12.8 Å². The molecule has 0 atom stereocenters. The first-order chi connectivity index (χ1) is 14.3. The Morgan fingerprint density at radius 1 is 1.07 bits per heavy atom. The smallest absolute Gasteiger partial charge is 0.298 e. The SMILES string of the molecule is Cc1cc(C)n(C(=O)c2cc(S(=O)(=O)N3CCN(c4ccc(F)cc4)CC3)[nH]n2)n1. The van der Waals surface area contributed by atoms with Gasteiger partial charge in [-0.2, -0.15) is 19.2 Å². The van der Waals surface area contributed by atoms with E-state index in [0.717, 1.165) is 5.69 Å². The number of aromatic amines is 1. The molecule has 0 bridgehead atoms. The Labute approximate surface area is 173 Å². The highest BCUT2D eigenvalue weighted by Gasteiger charge is 2.31. The van der Waals surface area contributed by atoms with E-state index in [4.69, 9.17) is 0 Å². The molecule has 1 N–H and O–H groups in total. The van der Waals surface area contributed by atoms with Crippen molar-refractivity contribution in [1.82, 2.24) is 24.3 Å². The highest BCUT2D eigenvalue weighted by molar-refractivity contribution is 7.89. The zero-order valence-corrected chi connectivity index (χ0v) is 17.4. The van der Waals surface area contributed by atoms with Gasteiger partial charge >= 0.3 is 0 Å². The summed E-state index contributed by atoms with van der Waals surface area (Å²) in [6.07, 6.45) is 0. The summed E-state index contributed by atoms with van der Waals surface area (Å²) >= 11 is 0. The van der Waals surface area contributed by atoms with E-state index in [1.54, 1.807) is 32.0 Å². The molecule has 3 aromatic rings. The summed E-state index contributed by atoms with van der Waals surface area (Å²) in [6.45, 7) is 4.97. The van der Waals surface area contributed by atoms with Crippen LogP contribution in [-0.4, -0.2) is 64.8 Å². The maximum atomic E-state index is 13.1. The zero-order chi connectivity index (χ0) is 21.5. The molecule has 9 nitrogen and oxygen atoms in total. The molecule has 1 aliphatic heterocycles. The number of rotatable bonds is 4. The number of aromatic nitrogens is 4. The third kappa shape index (κ3) is 3.73. The number of halogens is 1. The van der Waals surface area contributed by atoms with Crippen LogP contribution in [0.5, 0.6) is 0 Å². The van der Waals surface area contributed by atoms with Crippen LogP contribution < -0.4 is 4.90 Å². The van der Waals surface area contributed by atoms with Crippen molar-refractivity contribution in [3.05, 3.63) is 59.3 Å². The average molecular weight is 432 g/mol. The lowest BCUT2D eigenvalue weighted by Crippen LogP contribution is -2.48. The van der Waals surface area contributed by atoms with Crippen molar-refractivity contribution >= 4 is 21.6 Å². The van der Waals surface area contributed by atoms with E-state index < -0.39 is 15.9 Å². The topological polar surface area (TPSA) is 104 Å². The molecule has 1 aromatic carbocycles. The van der Waals surface area contributed by atoms with E-state index in [1.165, 1.54) is 27.2 Å². The molecule has 1 fully saturated rings. The largest absolute Gasteiger partial charge is 0.369 e. The summed E-state index contributed by atoms with van der Waals surface area (Å²) in [5, 5.41) is 10.3. The van der Waals surface area contributed by atoms with Crippen molar-refractivity contribution in [2.24, 2.45) is 0 Å². The number of carbonyl (C=O) groups is 1. The summed E-state index contributed by atoms with van der Waals surface area (Å²) in [6, 6.07) is 9.09. The normalized spacial score (nSPS) is 15.5. The molecular weight excluding hydrogens is 411 g/mol. The van der Waals surface area contributed by atoms with Gasteiger partial charge in [-0.05, 0) is 44.2 Å². The number of benzene rings is 1. The number of carbonyl (C=O) groups excluding carboxylic acids is 1. The molecule has 3 heterocycles. The third-order valence-electron chi connectivity index (χ3n) is 5.02. The Kier molecular flexibility index (Phi) is 5.16. The summed E-state index contributed by atoms with van der Waals surface area (Å²) < 4.78 is 41.6. The van der Waals surface area contributed by atoms with Gasteiger partial charge in [-0.15, -0.1) is 0 Å². The molecule has 0 unspecified atom stereocenters. The second-order valence-corrected chi connectivity index (χ2v) is 9.04. The molecule has 0 saturated carbocycles. The van der Waals surface area contributed by atoms with Gasteiger partial charge in [-0.3, -0.25) is 9.89 Å². The second kappa shape index (κ2) is 7.65. The quantitative estimate of drug-likeness (QED) is 0.671. The molecule has 0 radical (unpaired) electrons. The molecule has 2 aromatic heterocycles. The zero-order valence-electron chi connectivity index (χ0n) is 16.5. The number of anilines is 1. The fraction of sp³-hybridized carbons (Fsp3) is 0.316. The minimum atomic E-state index is -3.83. The van der Waals surface area contributed by atoms with Crippen molar-refractivity contribution in [2.75, 3.05) is 31.1 Å². The maximum absolute atomic E-state index is 13.1. The Morgan fingerprint density at radius 2 is 1.73 bits per heavy atom. The number of sulfonamides is 1. The van der Waals surface area contributed by atoms with Crippen LogP contribution in [0.3, 0.4) is 0 Å². The van der Waals surface area contributed by atoms with Gasteiger partial charge in [0.15, 0.2) is 10.7 Å². The molecule has 0 spiro atoms. The summed E-state index contributed by atoms with van der Waals surface area (Å²) in [5.74, 6) is -0.815. The summed E-state index contributed by atoms with van der Waals surface area (Å²) in [5.41, 5.74) is 2.14. The van der Waals surface area contributed by atoms with Crippen LogP contribution in [-0.2, 0) is 10.0 Å². The molecule has 0 amide bonds. The highest BCUT2D eigenvalue weighted by Crippen LogP contribution is 2.21. The van der Waals surface area contributed by atoms with Crippen molar-refractivity contribution in [2.45, 2.75) is 18.9 Å². The number of hydrogen-bond donors (Lipinski definition) is 1. The molecule has 1 aliphatic rings. The first-order valence-electron chi connectivity index (χ1n) is 9.40. The van der Waals surface area contributed by atoms with Crippen molar-refractivity contribution in [1.29, 1.82) is 0 Å². The third-order valence-corrected chi connectivity index (χ3v) is 6.83. The standard InChI is InChI=1S/C19H21FN6O3S/c1-13-11-14(2)26(23-13)19(27)17-12-18(22-21-17)30(28,29)25-9-7-24(8-10-25)16-5-3-15(20)4-6-16/h3-6,11-12H,7-10H2,1-2H3,(H,21,22). The molecule has 1 saturated heterocycles. The molecule has 30 heavy (non-hydrogen) atoms. The van der Waals surface area contributed by atoms with Crippen LogP contribution in [0, 0.1) is 19.7 Å². The van der Waals surface area contributed by atoms with Crippen LogP contribution in [0.2, 0.25) is 0 Å². The molecular formula is C19H21FN6O3S. The average Bonchev–Trinajstić information content (AvgIpc) is 3.35.